The Hall–Kier alpha value is -0.610. The molecule has 0 bridgehead atoms. The lowest BCUT2D eigenvalue weighted by Gasteiger charge is -2.35. The van der Waals surface area contributed by atoms with E-state index in [-0.39, 0.29) is 11.9 Å². The summed E-state index contributed by atoms with van der Waals surface area (Å²) >= 11 is 0. The minimum absolute atomic E-state index is 0.166. The average molecular weight is 197 g/mol. The van der Waals surface area contributed by atoms with Gasteiger partial charge in [0.1, 0.15) is 0 Å². The van der Waals surface area contributed by atoms with Crippen LogP contribution < -0.4 is 5.73 Å². The summed E-state index contributed by atoms with van der Waals surface area (Å²) in [7, 11) is 2.13. The van der Waals surface area contributed by atoms with E-state index in [0.717, 1.165) is 38.9 Å². The van der Waals surface area contributed by atoms with Gasteiger partial charge in [0, 0.05) is 12.6 Å². The summed E-state index contributed by atoms with van der Waals surface area (Å²) in [5.74, 6) is 0.166. The second-order valence-corrected chi connectivity index (χ2v) is 4.46. The Morgan fingerprint density at radius 2 is 1.86 bits per heavy atom. The Balaban J connectivity index is 1.93. The molecule has 2 aliphatic heterocycles. The highest BCUT2D eigenvalue weighted by Gasteiger charge is 2.34. The Kier molecular flexibility index (Phi) is 2.74. The van der Waals surface area contributed by atoms with Crippen LogP contribution in [0.1, 0.15) is 19.3 Å². The second-order valence-electron chi connectivity index (χ2n) is 4.46. The van der Waals surface area contributed by atoms with Crippen LogP contribution in [0.4, 0.5) is 0 Å². The molecule has 0 saturated carbocycles. The minimum Gasteiger partial charge on any atom is -0.338 e. The van der Waals surface area contributed by atoms with Gasteiger partial charge in [0.15, 0.2) is 0 Å². The van der Waals surface area contributed by atoms with Crippen molar-refractivity contribution >= 4 is 5.91 Å². The molecule has 4 heteroatoms. The van der Waals surface area contributed by atoms with Crippen molar-refractivity contribution < 1.29 is 4.79 Å². The van der Waals surface area contributed by atoms with E-state index in [9.17, 15) is 4.79 Å². The fraction of sp³-hybridized carbons (Fsp3) is 0.900. The van der Waals surface area contributed by atoms with Crippen LogP contribution in [0.25, 0.3) is 0 Å². The highest BCUT2D eigenvalue weighted by molar-refractivity contribution is 5.84. The van der Waals surface area contributed by atoms with E-state index in [1.165, 1.54) is 0 Å². The van der Waals surface area contributed by atoms with Gasteiger partial charge in [-0.15, -0.1) is 0 Å². The number of piperidine rings is 1. The molecule has 80 valence electrons. The minimum atomic E-state index is -0.227. The van der Waals surface area contributed by atoms with E-state index in [1.807, 2.05) is 4.90 Å². The third-order valence-electron chi connectivity index (χ3n) is 3.41. The number of hydrogen-bond acceptors (Lipinski definition) is 3. The summed E-state index contributed by atoms with van der Waals surface area (Å²) in [6.07, 6.45) is 3.05. The molecule has 0 aromatic heterocycles. The van der Waals surface area contributed by atoms with Gasteiger partial charge in [-0.3, -0.25) is 4.79 Å². The predicted molar refractivity (Wildman–Crippen MR) is 54.8 cm³/mol. The number of carbonyl (C=O) groups excluding carboxylic acids is 1. The van der Waals surface area contributed by atoms with Gasteiger partial charge >= 0.3 is 0 Å². The molecule has 4 nitrogen and oxygen atoms in total. The molecule has 2 saturated heterocycles. The molecule has 2 N–H and O–H groups in total. The second kappa shape index (κ2) is 3.87. The molecule has 0 spiro atoms. The van der Waals surface area contributed by atoms with Crippen molar-refractivity contribution in [2.24, 2.45) is 5.73 Å². The SMILES string of the molecule is CN1CCC(N2CCC(N)C2=O)CC1. The smallest absolute Gasteiger partial charge is 0.239 e. The monoisotopic (exact) mass is 197 g/mol. The molecule has 2 rings (SSSR count). The highest BCUT2D eigenvalue weighted by atomic mass is 16.2. The number of nitrogens with zero attached hydrogens (tertiary/aromatic N) is 2. The molecule has 1 unspecified atom stereocenters. The number of amides is 1. The van der Waals surface area contributed by atoms with Crippen LogP contribution in [0.2, 0.25) is 0 Å². The van der Waals surface area contributed by atoms with Gasteiger partial charge in [-0.25, -0.2) is 0 Å². The third kappa shape index (κ3) is 1.77. The van der Waals surface area contributed by atoms with E-state index in [4.69, 9.17) is 5.73 Å². The summed E-state index contributed by atoms with van der Waals surface area (Å²) in [5.41, 5.74) is 5.70. The first-order valence-electron chi connectivity index (χ1n) is 5.43. The van der Waals surface area contributed by atoms with Gasteiger partial charge in [0.2, 0.25) is 5.91 Å². The fourth-order valence-electron chi connectivity index (χ4n) is 2.39. The lowest BCUT2D eigenvalue weighted by Crippen LogP contribution is -2.46. The maximum Gasteiger partial charge on any atom is 0.239 e. The molecule has 1 amide bonds. The molecule has 0 radical (unpaired) electrons. The lowest BCUT2D eigenvalue weighted by atomic mass is 10.0. The maximum atomic E-state index is 11.7. The van der Waals surface area contributed by atoms with Crippen LogP contribution in [0.5, 0.6) is 0 Å². The molecule has 0 aromatic carbocycles. The van der Waals surface area contributed by atoms with Crippen LogP contribution in [0.3, 0.4) is 0 Å². The molecule has 0 aliphatic carbocycles. The van der Waals surface area contributed by atoms with Crippen molar-refractivity contribution in [3.63, 3.8) is 0 Å². The van der Waals surface area contributed by atoms with E-state index in [1.54, 1.807) is 0 Å². The van der Waals surface area contributed by atoms with Crippen LogP contribution in [-0.2, 0) is 4.79 Å². The first kappa shape index (κ1) is 9.93. The molecule has 2 aliphatic rings. The number of likely N-dealkylation sites (tertiary alicyclic amines) is 2. The molecular weight excluding hydrogens is 178 g/mol. The van der Waals surface area contributed by atoms with Gasteiger partial charge < -0.3 is 15.5 Å². The summed E-state index contributed by atoms with van der Waals surface area (Å²) in [5, 5.41) is 0. The Morgan fingerprint density at radius 1 is 1.21 bits per heavy atom. The van der Waals surface area contributed by atoms with Crippen molar-refractivity contribution in [3.8, 4) is 0 Å². The summed E-state index contributed by atoms with van der Waals surface area (Å²) in [6.45, 7) is 3.07. The predicted octanol–water partition coefficient (Wildman–Crippen LogP) is -0.360. The molecular formula is C10H19N3O. The van der Waals surface area contributed by atoms with Crippen LogP contribution in [-0.4, -0.2) is 54.5 Å². The number of rotatable bonds is 1. The van der Waals surface area contributed by atoms with Gasteiger partial charge in [0.25, 0.3) is 0 Å². The first-order chi connectivity index (χ1) is 6.68. The zero-order valence-corrected chi connectivity index (χ0v) is 8.78. The number of nitrogens with two attached hydrogens (primary N) is 1. The quantitative estimate of drug-likeness (QED) is 0.624. The summed E-state index contributed by atoms with van der Waals surface area (Å²) in [6, 6.07) is 0.224. The van der Waals surface area contributed by atoms with E-state index >= 15 is 0 Å². The maximum absolute atomic E-state index is 11.7. The largest absolute Gasteiger partial charge is 0.338 e. The molecule has 0 aromatic rings. The molecule has 2 heterocycles. The topological polar surface area (TPSA) is 49.6 Å². The summed E-state index contributed by atoms with van der Waals surface area (Å²) in [4.78, 5) is 16.0. The fourth-order valence-corrected chi connectivity index (χ4v) is 2.39. The molecule has 2 fully saturated rings. The van der Waals surface area contributed by atoms with E-state index < -0.39 is 0 Å². The standard InChI is InChI=1S/C10H19N3O/c1-12-5-2-8(3-6-12)13-7-4-9(11)10(13)14/h8-9H,2-7,11H2,1H3. The first-order valence-corrected chi connectivity index (χ1v) is 5.43. The normalized spacial score (nSPS) is 31.4. The zero-order valence-electron chi connectivity index (χ0n) is 8.78. The van der Waals surface area contributed by atoms with Crippen molar-refractivity contribution in [2.75, 3.05) is 26.7 Å². The molecule has 14 heavy (non-hydrogen) atoms. The van der Waals surface area contributed by atoms with Crippen LogP contribution in [0, 0.1) is 0 Å². The van der Waals surface area contributed by atoms with Gasteiger partial charge in [0.05, 0.1) is 6.04 Å². The van der Waals surface area contributed by atoms with Crippen LogP contribution in [0.15, 0.2) is 0 Å². The number of carbonyl (C=O) groups is 1. The highest BCUT2D eigenvalue weighted by Crippen LogP contribution is 2.20. The number of hydrogen-bond donors (Lipinski definition) is 1. The van der Waals surface area contributed by atoms with Gasteiger partial charge in [-0.2, -0.15) is 0 Å². The lowest BCUT2D eigenvalue weighted by molar-refractivity contribution is -0.131. The van der Waals surface area contributed by atoms with Crippen molar-refractivity contribution in [3.05, 3.63) is 0 Å². The zero-order chi connectivity index (χ0) is 10.1. The third-order valence-corrected chi connectivity index (χ3v) is 3.41. The average Bonchev–Trinajstić information content (AvgIpc) is 2.50. The Morgan fingerprint density at radius 3 is 2.36 bits per heavy atom. The Labute approximate surface area is 85.0 Å². The van der Waals surface area contributed by atoms with Crippen molar-refractivity contribution in [1.82, 2.24) is 9.80 Å². The van der Waals surface area contributed by atoms with Crippen LogP contribution >= 0.6 is 0 Å². The van der Waals surface area contributed by atoms with Gasteiger partial charge in [-0.05, 0) is 39.4 Å². The van der Waals surface area contributed by atoms with Gasteiger partial charge in [-0.1, -0.05) is 0 Å². The van der Waals surface area contributed by atoms with Crippen molar-refractivity contribution in [2.45, 2.75) is 31.3 Å². The molecule has 1 atom stereocenters. The van der Waals surface area contributed by atoms with E-state index in [2.05, 4.69) is 11.9 Å². The summed E-state index contributed by atoms with van der Waals surface area (Å²) < 4.78 is 0. The Bertz CT molecular complexity index is 223. The van der Waals surface area contributed by atoms with Crippen molar-refractivity contribution in [1.29, 1.82) is 0 Å². The van der Waals surface area contributed by atoms with E-state index in [0.29, 0.717) is 6.04 Å².